The molecule has 0 aliphatic heterocycles. The Morgan fingerprint density at radius 2 is 1.90 bits per heavy atom. The molecule has 0 unspecified atom stereocenters. The Hall–Kier alpha value is -1.61. The van der Waals surface area contributed by atoms with E-state index in [2.05, 4.69) is 39.9 Å². The smallest absolute Gasteiger partial charge is 0.164 e. The molecule has 2 nitrogen and oxygen atoms in total. The van der Waals surface area contributed by atoms with Crippen LogP contribution in [0.25, 0.3) is 0 Å². The van der Waals surface area contributed by atoms with E-state index in [0.717, 1.165) is 16.6 Å². The van der Waals surface area contributed by atoms with Crippen molar-refractivity contribution in [1.29, 1.82) is 0 Å². The van der Waals surface area contributed by atoms with Crippen molar-refractivity contribution in [2.75, 3.05) is 18.5 Å². The molecule has 0 bridgehead atoms. The number of carbonyl (C=O) groups excluding carboxylic acids is 1. The van der Waals surface area contributed by atoms with E-state index in [-0.39, 0.29) is 5.78 Å². The first-order valence-electron chi connectivity index (χ1n) is 6.63. The molecule has 0 radical (unpaired) electrons. The Balaban J connectivity index is 1.99. The summed E-state index contributed by atoms with van der Waals surface area (Å²) in [5, 5.41) is 0. The highest BCUT2D eigenvalue weighted by molar-refractivity contribution is 9.10. The van der Waals surface area contributed by atoms with Gasteiger partial charge in [0.05, 0.1) is 0 Å². The van der Waals surface area contributed by atoms with Gasteiger partial charge in [-0.05, 0) is 30.7 Å². The molecule has 0 amide bonds. The van der Waals surface area contributed by atoms with Crippen LogP contribution in [0.4, 0.5) is 5.69 Å². The molecule has 0 aliphatic carbocycles. The van der Waals surface area contributed by atoms with E-state index in [0.29, 0.717) is 6.42 Å². The minimum absolute atomic E-state index is 0.173. The van der Waals surface area contributed by atoms with Gasteiger partial charge >= 0.3 is 0 Å². The lowest BCUT2D eigenvalue weighted by molar-refractivity contribution is 0.0985. The molecule has 0 atom stereocenters. The standard InChI is InChI=1S/C17H18BrNO/c1-13-6-3-4-9-16(13)19(2)11-10-17(20)14-7-5-8-15(18)12-14/h3-9,12H,10-11H2,1-2H3. The fraction of sp³-hybridized carbons (Fsp3) is 0.235. The summed E-state index contributed by atoms with van der Waals surface area (Å²) in [4.78, 5) is 14.3. The van der Waals surface area contributed by atoms with E-state index in [1.165, 1.54) is 11.3 Å². The normalized spacial score (nSPS) is 10.3. The maximum absolute atomic E-state index is 12.2. The summed E-state index contributed by atoms with van der Waals surface area (Å²) in [6, 6.07) is 15.8. The Kier molecular flexibility index (Phi) is 4.96. The lowest BCUT2D eigenvalue weighted by Gasteiger charge is -2.21. The van der Waals surface area contributed by atoms with Crippen LogP contribution in [0.15, 0.2) is 53.0 Å². The Labute approximate surface area is 128 Å². The predicted octanol–water partition coefficient (Wildman–Crippen LogP) is 4.47. The van der Waals surface area contributed by atoms with Crippen LogP contribution in [0.2, 0.25) is 0 Å². The van der Waals surface area contributed by atoms with Gasteiger partial charge in [-0.25, -0.2) is 0 Å². The molecular formula is C17H18BrNO. The minimum Gasteiger partial charge on any atom is -0.374 e. The van der Waals surface area contributed by atoms with Crippen LogP contribution in [-0.2, 0) is 0 Å². The van der Waals surface area contributed by atoms with Crippen molar-refractivity contribution in [3.63, 3.8) is 0 Å². The van der Waals surface area contributed by atoms with Crippen LogP contribution >= 0.6 is 15.9 Å². The second-order valence-corrected chi connectivity index (χ2v) is 5.81. The average molecular weight is 332 g/mol. The SMILES string of the molecule is Cc1ccccc1N(C)CCC(=O)c1cccc(Br)c1. The van der Waals surface area contributed by atoms with Crippen LogP contribution in [0.3, 0.4) is 0 Å². The van der Waals surface area contributed by atoms with Crippen molar-refractivity contribution in [1.82, 2.24) is 0 Å². The van der Waals surface area contributed by atoms with Crippen molar-refractivity contribution in [2.24, 2.45) is 0 Å². The quantitative estimate of drug-likeness (QED) is 0.753. The summed E-state index contributed by atoms with van der Waals surface area (Å²) in [6.07, 6.45) is 0.515. The number of nitrogens with zero attached hydrogens (tertiary/aromatic N) is 1. The Bertz CT molecular complexity index is 609. The maximum Gasteiger partial charge on any atom is 0.164 e. The molecule has 104 valence electrons. The number of para-hydroxylation sites is 1. The first-order chi connectivity index (χ1) is 9.58. The van der Waals surface area contributed by atoms with Crippen molar-refractivity contribution in [2.45, 2.75) is 13.3 Å². The van der Waals surface area contributed by atoms with Gasteiger partial charge in [-0.3, -0.25) is 4.79 Å². The molecule has 0 spiro atoms. The molecular weight excluding hydrogens is 314 g/mol. The first-order valence-corrected chi connectivity index (χ1v) is 7.43. The summed E-state index contributed by atoms with van der Waals surface area (Å²) in [5.41, 5.74) is 3.16. The summed E-state index contributed by atoms with van der Waals surface area (Å²) in [7, 11) is 2.02. The minimum atomic E-state index is 0.173. The summed E-state index contributed by atoms with van der Waals surface area (Å²) < 4.78 is 0.940. The van der Waals surface area contributed by atoms with E-state index in [9.17, 15) is 4.79 Å². The number of anilines is 1. The van der Waals surface area contributed by atoms with Crippen LogP contribution < -0.4 is 4.90 Å². The van der Waals surface area contributed by atoms with E-state index in [4.69, 9.17) is 0 Å². The molecule has 0 fully saturated rings. The van der Waals surface area contributed by atoms with Gasteiger partial charge < -0.3 is 4.90 Å². The lowest BCUT2D eigenvalue weighted by atomic mass is 10.1. The number of aryl methyl sites for hydroxylation is 1. The lowest BCUT2D eigenvalue weighted by Crippen LogP contribution is -2.21. The first kappa shape index (κ1) is 14.8. The van der Waals surface area contributed by atoms with Gasteiger partial charge in [0.1, 0.15) is 0 Å². The van der Waals surface area contributed by atoms with Crippen molar-refractivity contribution < 1.29 is 4.79 Å². The van der Waals surface area contributed by atoms with E-state index >= 15 is 0 Å². The van der Waals surface area contributed by atoms with Crippen LogP contribution in [0.1, 0.15) is 22.3 Å². The zero-order valence-corrected chi connectivity index (χ0v) is 13.4. The van der Waals surface area contributed by atoms with Crippen molar-refractivity contribution in [3.05, 3.63) is 64.1 Å². The molecule has 2 aromatic carbocycles. The topological polar surface area (TPSA) is 20.3 Å². The van der Waals surface area contributed by atoms with Gasteiger partial charge in [-0.15, -0.1) is 0 Å². The van der Waals surface area contributed by atoms with Gasteiger partial charge in [0.15, 0.2) is 5.78 Å². The number of rotatable bonds is 5. The van der Waals surface area contributed by atoms with E-state index in [1.807, 2.05) is 43.4 Å². The Morgan fingerprint density at radius 1 is 1.15 bits per heavy atom. The van der Waals surface area contributed by atoms with E-state index in [1.54, 1.807) is 0 Å². The number of benzene rings is 2. The average Bonchev–Trinajstić information content (AvgIpc) is 2.45. The molecule has 2 aromatic rings. The summed E-state index contributed by atoms with van der Waals surface area (Å²) in [6.45, 7) is 2.80. The molecule has 20 heavy (non-hydrogen) atoms. The highest BCUT2D eigenvalue weighted by Crippen LogP contribution is 2.19. The van der Waals surface area contributed by atoms with Crippen molar-refractivity contribution >= 4 is 27.4 Å². The zero-order chi connectivity index (χ0) is 14.5. The molecule has 3 heteroatoms. The fourth-order valence-corrected chi connectivity index (χ4v) is 2.59. The molecule has 0 N–H and O–H groups in total. The fourth-order valence-electron chi connectivity index (χ4n) is 2.19. The monoisotopic (exact) mass is 331 g/mol. The number of ketones is 1. The van der Waals surface area contributed by atoms with Gasteiger partial charge in [-0.1, -0.05) is 46.3 Å². The third-order valence-electron chi connectivity index (χ3n) is 3.35. The molecule has 0 saturated heterocycles. The maximum atomic E-state index is 12.2. The van der Waals surface area contributed by atoms with Gasteiger partial charge in [0, 0.05) is 35.7 Å². The molecule has 0 heterocycles. The second kappa shape index (κ2) is 6.71. The molecule has 0 saturated carbocycles. The number of hydrogen-bond acceptors (Lipinski definition) is 2. The number of carbonyl (C=O) groups is 1. The van der Waals surface area contributed by atoms with Gasteiger partial charge in [0.2, 0.25) is 0 Å². The van der Waals surface area contributed by atoms with Crippen LogP contribution in [0.5, 0.6) is 0 Å². The van der Waals surface area contributed by atoms with Crippen LogP contribution in [0, 0.1) is 6.92 Å². The van der Waals surface area contributed by atoms with Gasteiger partial charge in [-0.2, -0.15) is 0 Å². The third kappa shape index (κ3) is 3.70. The predicted molar refractivity (Wildman–Crippen MR) is 87.5 cm³/mol. The number of Topliss-reactive ketones (excluding diaryl/α,β-unsaturated/α-hetero) is 1. The number of halogens is 1. The summed E-state index contributed by atoms with van der Waals surface area (Å²) >= 11 is 3.39. The zero-order valence-electron chi connectivity index (χ0n) is 11.8. The third-order valence-corrected chi connectivity index (χ3v) is 3.84. The second-order valence-electron chi connectivity index (χ2n) is 4.89. The Morgan fingerprint density at radius 3 is 2.60 bits per heavy atom. The van der Waals surface area contributed by atoms with Crippen molar-refractivity contribution in [3.8, 4) is 0 Å². The van der Waals surface area contributed by atoms with Gasteiger partial charge in [0.25, 0.3) is 0 Å². The molecule has 2 rings (SSSR count). The molecule has 0 aromatic heterocycles. The highest BCUT2D eigenvalue weighted by Gasteiger charge is 2.09. The highest BCUT2D eigenvalue weighted by atomic mass is 79.9. The van der Waals surface area contributed by atoms with E-state index < -0.39 is 0 Å². The largest absolute Gasteiger partial charge is 0.374 e. The number of hydrogen-bond donors (Lipinski definition) is 0. The molecule has 0 aliphatic rings. The summed E-state index contributed by atoms with van der Waals surface area (Å²) in [5.74, 6) is 0.173. The van der Waals surface area contributed by atoms with Crippen LogP contribution in [-0.4, -0.2) is 19.4 Å².